The Morgan fingerprint density at radius 2 is 2.04 bits per heavy atom. The molecule has 3 aliphatic rings. The Morgan fingerprint density at radius 3 is 2.64 bits per heavy atom. The van der Waals surface area contributed by atoms with E-state index in [1.165, 1.54) is 29.5 Å². The number of carbonyl (C=O) groups is 1. The van der Waals surface area contributed by atoms with E-state index in [1.54, 1.807) is 14.0 Å². The van der Waals surface area contributed by atoms with E-state index in [0.717, 1.165) is 43.4 Å². The van der Waals surface area contributed by atoms with Gasteiger partial charge in [0.25, 0.3) is 0 Å². The first-order valence-electron chi connectivity index (χ1n) is 10.2. The van der Waals surface area contributed by atoms with Crippen LogP contribution in [0.5, 0.6) is 5.75 Å². The highest BCUT2D eigenvalue weighted by molar-refractivity contribution is 5.89. The van der Waals surface area contributed by atoms with E-state index >= 15 is 0 Å². The largest absolute Gasteiger partial charge is 0.497 e. The van der Waals surface area contributed by atoms with Gasteiger partial charge in [0.2, 0.25) is 5.91 Å². The van der Waals surface area contributed by atoms with Crippen molar-refractivity contribution in [1.82, 2.24) is 14.4 Å². The maximum Gasteiger partial charge on any atom is 0.219 e. The molecule has 2 fully saturated rings. The number of nitrogens with zero attached hydrogens (tertiary/aromatic N) is 3. The summed E-state index contributed by atoms with van der Waals surface area (Å²) in [6.45, 7) is 5.25. The molecule has 3 heterocycles. The number of methoxy groups -OCH3 is 1. The van der Waals surface area contributed by atoms with Gasteiger partial charge in [0.15, 0.2) is 0 Å². The van der Waals surface area contributed by atoms with Crippen molar-refractivity contribution in [2.75, 3.05) is 39.9 Å². The molecule has 6 heteroatoms. The molecule has 1 atom stereocenters. The average molecular weight is 383 g/mol. The predicted molar refractivity (Wildman–Crippen MR) is 108 cm³/mol. The van der Waals surface area contributed by atoms with E-state index in [1.807, 2.05) is 11.0 Å². The maximum absolute atomic E-state index is 12.0. The molecule has 1 amide bonds. The standard InChI is InChI=1S/C22H29N3O3/c1-14(27)25-12-22(13-25)11-24(9-15-4-5-15)19(10-26)21-20(22)17-7-6-16(28-3)8-18(17)23(21)2/h6-8,15,19,26H,4-5,9-13H2,1-3H3/t19-/m0/s1. The van der Waals surface area contributed by atoms with Gasteiger partial charge in [-0.1, -0.05) is 0 Å². The molecular formula is C22H29N3O3. The summed E-state index contributed by atoms with van der Waals surface area (Å²) in [7, 11) is 3.79. The number of aliphatic hydroxyl groups excluding tert-OH is 1. The smallest absolute Gasteiger partial charge is 0.219 e. The fourth-order valence-electron chi connectivity index (χ4n) is 5.45. The molecule has 2 aromatic rings. The summed E-state index contributed by atoms with van der Waals surface area (Å²) in [5.41, 5.74) is 3.63. The lowest BCUT2D eigenvalue weighted by Crippen LogP contribution is -2.67. The first-order chi connectivity index (χ1) is 13.5. The highest BCUT2D eigenvalue weighted by Gasteiger charge is 2.54. The number of aliphatic hydroxyl groups is 1. The van der Waals surface area contributed by atoms with Gasteiger partial charge in [0.1, 0.15) is 5.75 Å². The molecule has 0 radical (unpaired) electrons. The molecule has 1 aliphatic carbocycles. The second kappa shape index (κ2) is 6.22. The first-order valence-corrected chi connectivity index (χ1v) is 10.2. The Bertz CT molecular complexity index is 940. The van der Waals surface area contributed by atoms with E-state index < -0.39 is 0 Å². The van der Waals surface area contributed by atoms with E-state index in [9.17, 15) is 9.90 Å². The minimum Gasteiger partial charge on any atom is -0.497 e. The summed E-state index contributed by atoms with van der Waals surface area (Å²) in [5, 5.41) is 11.6. The summed E-state index contributed by atoms with van der Waals surface area (Å²) in [6.07, 6.45) is 2.58. The van der Waals surface area contributed by atoms with Crippen LogP contribution in [0.2, 0.25) is 0 Å². The van der Waals surface area contributed by atoms with Crippen LogP contribution in [0.3, 0.4) is 0 Å². The Morgan fingerprint density at radius 1 is 1.29 bits per heavy atom. The van der Waals surface area contributed by atoms with Crippen LogP contribution in [-0.4, -0.2) is 65.3 Å². The van der Waals surface area contributed by atoms with Gasteiger partial charge in [-0.15, -0.1) is 0 Å². The zero-order chi connectivity index (χ0) is 19.6. The van der Waals surface area contributed by atoms with Crippen LogP contribution in [0.4, 0.5) is 0 Å². The van der Waals surface area contributed by atoms with Crippen molar-refractivity contribution >= 4 is 16.8 Å². The van der Waals surface area contributed by atoms with Crippen LogP contribution in [-0.2, 0) is 17.3 Å². The van der Waals surface area contributed by atoms with Gasteiger partial charge < -0.3 is 19.3 Å². The number of hydrogen-bond acceptors (Lipinski definition) is 4. The SMILES string of the molecule is COc1ccc2c3c(n(C)c2c1)[C@H](CO)N(CC1CC1)CC31CN(C(C)=O)C1. The number of fused-ring (bicyclic) bond motifs is 4. The molecule has 1 saturated heterocycles. The average Bonchev–Trinajstić information content (AvgIpc) is 3.42. The predicted octanol–water partition coefficient (Wildman–Crippen LogP) is 2.05. The highest BCUT2D eigenvalue weighted by Crippen LogP contribution is 2.50. The molecule has 150 valence electrons. The topological polar surface area (TPSA) is 57.9 Å². The van der Waals surface area contributed by atoms with Crippen LogP contribution >= 0.6 is 0 Å². The summed E-state index contributed by atoms with van der Waals surface area (Å²) in [4.78, 5) is 16.4. The quantitative estimate of drug-likeness (QED) is 0.878. The van der Waals surface area contributed by atoms with Crippen molar-refractivity contribution in [2.45, 2.75) is 31.2 Å². The van der Waals surface area contributed by atoms with Gasteiger partial charge in [-0.3, -0.25) is 9.69 Å². The van der Waals surface area contributed by atoms with Gasteiger partial charge >= 0.3 is 0 Å². The molecule has 1 spiro atoms. The fourth-order valence-corrected chi connectivity index (χ4v) is 5.45. The number of aryl methyl sites for hydroxylation is 1. The molecule has 0 unspecified atom stereocenters. The number of likely N-dealkylation sites (tertiary alicyclic amines) is 1. The minimum atomic E-state index is -0.0460. The molecule has 5 rings (SSSR count). The molecule has 2 aliphatic heterocycles. The number of benzene rings is 1. The molecular weight excluding hydrogens is 354 g/mol. The molecule has 1 aromatic carbocycles. The van der Waals surface area contributed by atoms with Gasteiger partial charge in [0, 0.05) is 62.7 Å². The summed E-state index contributed by atoms with van der Waals surface area (Å²) >= 11 is 0. The number of hydrogen-bond donors (Lipinski definition) is 1. The lowest BCUT2D eigenvalue weighted by molar-refractivity contribution is -0.138. The van der Waals surface area contributed by atoms with Gasteiger partial charge in [-0.05, 0) is 36.5 Å². The Hall–Kier alpha value is -2.05. The molecule has 1 saturated carbocycles. The third-order valence-corrected chi connectivity index (χ3v) is 7.04. The number of ether oxygens (including phenoxy) is 1. The van der Waals surface area contributed by atoms with Crippen molar-refractivity contribution in [3.05, 3.63) is 29.5 Å². The Kier molecular flexibility index (Phi) is 4.00. The molecule has 6 nitrogen and oxygen atoms in total. The van der Waals surface area contributed by atoms with E-state index in [2.05, 4.69) is 28.6 Å². The second-order valence-electron chi connectivity index (χ2n) is 8.93. The molecule has 0 bridgehead atoms. The van der Waals surface area contributed by atoms with Crippen LogP contribution in [0.1, 0.15) is 37.1 Å². The number of carbonyl (C=O) groups excluding carboxylic acids is 1. The minimum absolute atomic E-state index is 0.0102. The van der Waals surface area contributed by atoms with Crippen LogP contribution in [0.15, 0.2) is 18.2 Å². The summed E-state index contributed by atoms with van der Waals surface area (Å²) in [5.74, 6) is 1.74. The third kappa shape index (κ3) is 2.51. The van der Waals surface area contributed by atoms with Crippen LogP contribution in [0, 0.1) is 5.92 Å². The number of rotatable bonds is 4. The lowest BCUT2D eigenvalue weighted by Gasteiger charge is -2.56. The van der Waals surface area contributed by atoms with Gasteiger partial charge in [0.05, 0.1) is 25.3 Å². The Labute approximate surface area is 165 Å². The first kappa shape index (κ1) is 18.0. The zero-order valence-electron chi connectivity index (χ0n) is 16.9. The number of amides is 1. The van der Waals surface area contributed by atoms with E-state index in [-0.39, 0.29) is 24.0 Å². The highest BCUT2D eigenvalue weighted by atomic mass is 16.5. The number of aromatic nitrogens is 1. The summed E-state index contributed by atoms with van der Waals surface area (Å²) in [6, 6.07) is 6.26. The fraction of sp³-hybridized carbons (Fsp3) is 0.591. The lowest BCUT2D eigenvalue weighted by atomic mass is 9.68. The second-order valence-corrected chi connectivity index (χ2v) is 8.93. The van der Waals surface area contributed by atoms with Crippen LogP contribution < -0.4 is 4.74 Å². The van der Waals surface area contributed by atoms with Crippen molar-refractivity contribution < 1.29 is 14.6 Å². The van der Waals surface area contributed by atoms with E-state index in [0.29, 0.717) is 0 Å². The molecule has 1 N–H and O–H groups in total. The summed E-state index contributed by atoms with van der Waals surface area (Å²) < 4.78 is 7.70. The third-order valence-electron chi connectivity index (χ3n) is 7.04. The van der Waals surface area contributed by atoms with Gasteiger partial charge in [-0.2, -0.15) is 0 Å². The zero-order valence-corrected chi connectivity index (χ0v) is 16.9. The van der Waals surface area contributed by atoms with Crippen LogP contribution in [0.25, 0.3) is 10.9 Å². The Balaban J connectivity index is 1.68. The van der Waals surface area contributed by atoms with Gasteiger partial charge in [-0.25, -0.2) is 0 Å². The van der Waals surface area contributed by atoms with Crippen molar-refractivity contribution in [3.8, 4) is 5.75 Å². The van der Waals surface area contributed by atoms with Crippen molar-refractivity contribution in [3.63, 3.8) is 0 Å². The van der Waals surface area contributed by atoms with E-state index in [4.69, 9.17) is 4.74 Å². The van der Waals surface area contributed by atoms with Crippen molar-refractivity contribution in [1.29, 1.82) is 0 Å². The van der Waals surface area contributed by atoms with Crippen molar-refractivity contribution in [2.24, 2.45) is 13.0 Å². The maximum atomic E-state index is 12.0. The monoisotopic (exact) mass is 383 g/mol. The normalized spacial score (nSPS) is 23.7. The molecule has 28 heavy (non-hydrogen) atoms. The molecule has 1 aromatic heterocycles.